The molecule has 1 atom stereocenters. The summed E-state index contributed by atoms with van der Waals surface area (Å²) in [6, 6.07) is 0. The van der Waals surface area contributed by atoms with Crippen LogP contribution in [-0.2, 0) is 9.59 Å². The maximum absolute atomic E-state index is 10.8. The summed E-state index contributed by atoms with van der Waals surface area (Å²) in [5, 5.41) is 8.89. The lowest BCUT2D eigenvalue weighted by atomic mass is 9.93. The third kappa shape index (κ3) is 6.63. The van der Waals surface area contributed by atoms with E-state index in [9.17, 15) is 9.59 Å². The van der Waals surface area contributed by atoms with E-state index >= 15 is 0 Å². The zero-order valence-electron chi connectivity index (χ0n) is 9.25. The van der Waals surface area contributed by atoms with E-state index in [4.69, 9.17) is 5.11 Å². The van der Waals surface area contributed by atoms with Gasteiger partial charge >= 0.3 is 5.97 Å². The van der Waals surface area contributed by atoms with Gasteiger partial charge in [0.25, 0.3) is 0 Å². The fraction of sp³-hybridized carbons (Fsp3) is 0.818. The fourth-order valence-corrected chi connectivity index (χ4v) is 1.30. The van der Waals surface area contributed by atoms with Crippen LogP contribution in [0.15, 0.2) is 0 Å². The zero-order valence-corrected chi connectivity index (χ0v) is 9.25. The molecular formula is C11H20O3. The number of hydrogen-bond acceptors (Lipinski definition) is 2. The van der Waals surface area contributed by atoms with Crippen molar-refractivity contribution in [2.75, 3.05) is 0 Å². The first kappa shape index (κ1) is 13.1. The monoisotopic (exact) mass is 200 g/mol. The van der Waals surface area contributed by atoms with Gasteiger partial charge in [0, 0.05) is 6.42 Å². The van der Waals surface area contributed by atoms with Crippen molar-refractivity contribution < 1.29 is 14.7 Å². The first-order chi connectivity index (χ1) is 6.43. The van der Waals surface area contributed by atoms with Crippen molar-refractivity contribution in [3.63, 3.8) is 0 Å². The Morgan fingerprint density at radius 2 is 1.71 bits per heavy atom. The highest BCUT2D eigenvalue weighted by Crippen LogP contribution is 2.17. The lowest BCUT2D eigenvalue weighted by molar-refractivity contribution is -0.142. The van der Waals surface area contributed by atoms with E-state index in [1.54, 1.807) is 0 Å². The smallest absolute Gasteiger partial charge is 0.306 e. The first-order valence-corrected chi connectivity index (χ1v) is 5.15. The molecule has 3 heteroatoms. The molecule has 0 rings (SSSR count). The summed E-state index contributed by atoms with van der Waals surface area (Å²) in [5.74, 6) is -0.525. The van der Waals surface area contributed by atoms with Gasteiger partial charge in [0.05, 0.1) is 5.92 Å². The van der Waals surface area contributed by atoms with E-state index in [0.29, 0.717) is 25.2 Å². The van der Waals surface area contributed by atoms with Gasteiger partial charge in [-0.2, -0.15) is 0 Å². The van der Waals surface area contributed by atoms with Gasteiger partial charge in [-0.15, -0.1) is 0 Å². The molecule has 0 saturated carbocycles. The van der Waals surface area contributed by atoms with Gasteiger partial charge in [-0.3, -0.25) is 4.79 Å². The van der Waals surface area contributed by atoms with Gasteiger partial charge < -0.3 is 9.90 Å². The predicted octanol–water partition coefficient (Wildman–Crippen LogP) is 2.49. The van der Waals surface area contributed by atoms with E-state index in [-0.39, 0.29) is 11.7 Å². The Hall–Kier alpha value is -0.860. The second-order valence-electron chi connectivity index (χ2n) is 4.25. The summed E-state index contributed by atoms with van der Waals surface area (Å²) in [6.07, 6.45) is 2.46. The molecule has 0 aromatic rings. The van der Waals surface area contributed by atoms with Crippen LogP contribution in [0.2, 0.25) is 0 Å². The molecule has 82 valence electrons. The van der Waals surface area contributed by atoms with Crippen LogP contribution >= 0.6 is 0 Å². The summed E-state index contributed by atoms with van der Waals surface area (Å²) in [7, 11) is 0. The lowest BCUT2D eigenvalue weighted by Gasteiger charge is -2.12. The van der Waals surface area contributed by atoms with Crippen LogP contribution in [-0.4, -0.2) is 16.9 Å². The average Bonchev–Trinajstić information content (AvgIpc) is 2.02. The highest BCUT2D eigenvalue weighted by Gasteiger charge is 2.17. The predicted molar refractivity (Wildman–Crippen MR) is 55.1 cm³/mol. The maximum atomic E-state index is 10.8. The Labute approximate surface area is 85.5 Å². The number of carboxylic acids is 1. The van der Waals surface area contributed by atoms with Gasteiger partial charge in [-0.25, -0.2) is 0 Å². The molecule has 0 aromatic heterocycles. The number of rotatable bonds is 7. The Morgan fingerprint density at radius 3 is 2.07 bits per heavy atom. The minimum absolute atomic E-state index is 0.0702. The summed E-state index contributed by atoms with van der Waals surface area (Å²) >= 11 is 0. The van der Waals surface area contributed by atoms with Gasteiger partial charge in [-0.1, -0.05) is 20.3 Å². The van der Waals surface area contributed by atoms with Gasteiger partial charge in [-0.05, 0) is 25.7 Å². The molecular weight excluding hydrogens is 180 g/mol. The topological polar surface area (TPSA) is 54.4 Å². The number of carbonyl (C=O) groups excluding carboxylic acids is 1. The van der Waals surface area contributed by atoms with E-state index in [1.807, 2.05) is 0 Å². The third-order valence-corrected chi connectivity index (χ3v) is 2.29. The number of Topliss-reactive ketones (excluding diaryl/α,β-unsaturated/α-hetero) is 1. The van der Waals surface area contributed by atoms with E-state index in [0.717, 1.165) is 6.42 Å². The van der Waals surface area contributed by atoms with Crippen LogP contribution < -0.4 is 0 Å². The fourth-order valence-electron chi connectivity index (χ4n) is 1.30. The van der Waals surface area contributed by atoms with Crippen molar-refractivity contribution in [3.8, 4) is 0 Å². The van der Waals surface area contributed by atoms with Crippen LogP contribution in [0.1, 0.15) is 46.5 Å². The van der Waals surface area contributed by atoms with E-state index in [2.05, 4.69) is 13.8 Å². The molecule has 0 aliphatic rings. The summed E-state index contributed by atoms with van der Waals surface area (Å²) < 4.78 is 0. The molecule has 1 unspecified atom stereocenters. The summed E-state index contributed by atoms with van der Waals surface area (Å²) in [4.78, 5) is 21.5. The number of ketones is 1. The molecule has 1 N–H and O–H groups in total. The standard InChI is InChI=1S/C11H20O3/c1-8(2)4-6-10(11(13)14)7-5-9(3)12/h8,10H,4-7H2,1-3H3,(H,13,14). The minimum atomic E-state index is -0.771. The van der Waals surface area contributed by atoms with Crippen LogP contribution in [0.4, 0.5) is 0 Å². The number of hydrogen-bond donors (Lipinski definition) is 1. The summed E-state index contributed by atoms with van der Waals surface area (Å²) in [5.41, 5.74) is 0. The zero-order chi connectivity index (χ0) is 11.1. The Kier molecular flexibility index (Phi) is 6.17. The largest absolute Gasteiger partial charge is 0.481 e. The molecule has 0 heterocycles. The quantitative estimate of drug-likeness (QED) is 0.687. The van der Waals surface area contributed by atoms with Crippen LogP contribution in [0.5, 0.6) is 0 Å². The van der Waals surface area contributed by atoms with Crippen LogP contribution in [0.3, 0.4) is 0 Å². The van der Waals surface area contributed by atoms with Gasteiger partial charge in [0.15, 0.2) is 0 Å². The van der Waals surface area contributed by atoms with Crippen molar-refractivity contribution in [1.82, 2.24) is 0 Å². The molecule has 14 heavy (non-hydrogen) atoms. The van der Waals surface area contributed by atoms with Crippen molar-refractivity contribution in [2.24, 2.45) is 11.8 Å². The SMILES string of the molecule is CC(=O)CCC(CCC(C)C)C(=O)O. The number of carbonyl (C=O) groups is 2. The molecule has 0 fully saturated rings. The summed E-state index contributed by atoms with van der Waals surface area (Å²) in [6.45, 7) is 5.65. The van der Waals surface area contributed by atoms with Crippen LogP contribution in [0, 0.1) is 11.8 Å². The molecule has 0 aliphatic heterocycles. The minimum Gasteiger partial charge on any atom is -0.481 e. The average molecular weight is 200 g/mol. The third-order valence-electron chi connectivity index (χ3n) is 2.29. The molecule has 0 aromatic carbocycles. The van der Waals surface area contributed by atoms with E-state index < -0.39 is 5.97 Å². The number of carboxylic acid groups (broad SMARTS) is 1. The molecule has 3 nitrogen and oxygen atoms in total. The van der Waals surface area contributed by atoms with Crippen LogP contribution in [0.25, 0.3) is 0 Å². The van der Waals surface area contributed by atoms with Crippen molar-refractivity contribution in [2.45, 2.75) is 46.5 Å². The lowest BCUT2D eigenvalue weighted by Crippen LogP contribution is -2.15. The molecule has 0 spiro atoms. The van der Waals surface area contributed by atoms with Gasteiger partial charge in [0.2, 0.25) is 0 Å². The van der Waals surface area contributed by atoms with Crippen molar-refractivity contribution >= 4 is 11.8 Å². The molecule has 0 radical (unpaired) electrons. The number of aliphatic carboxylic acids is 1. The second kappa shape index (κ2) is 6.57. The Morgan fingerprint density at radius 1 is 1.14 bits per heavy atom. The molecule has 0 saturated heterocycles. The second-order valence-corrected chi connectivity index (χ2v) is 4.25. The Bertz CT molecular complexity index is 197. The molecule has 0 aliphatic carbocycles. The highest BCUT2D eigenvalue weighted by molar-refractivity contribution is 5.76. The van der Waals surface area contributed by atoms with Crippen molar-refractivity contribution in [1.29, 1.82) is 0 Å². The molecule has 0 bridgehead atoms. The van der Waals surface area contributed by atoms with E-state index in [1.165, 1.54) is 6.92 Å². The maximum Gasteiger partial charge on any atom is 0.306 e. The molecule has 0 amide bonds. The van der Waals surface area contributed by atoms with Gasteiger partial charge in [0.1, 0.15) is 5.78 Å². The Balaban J connectivity index is 3.90. The highest BCUT2D eigenvalue weighted by atomic mass is 16.4. The van der Waals surface area contributed by atoms with Crippen molar-refractivity contribution in [3.05, 3.63) is 0 Å². The first-order valence-electron chi connectivity index (χ1n) is 5.15. The normalized spacial score (nSPS) is 12.9.